The molecule has 8 nitrogen and oxygen atoms in total. The van der Waals surface area contributed by atoms with E-state index >= 15 is 0 Å². The predicted octanol–water partition coefficient (Wildman–Crippen LogP) is 5.08. The molecule has 0 radical (unpaired) electrons. The van der Waals surface area contributed by atoms with E-state index in [2.05, 4.69) is 9.88 Å². The molecule has 0 spiro atoms. The van der Waals surface area contributed by atoms with Gasteiger partial charge in [0.25, 0.3) is 5.91 Å². The quantitative estimate of drug-likeness (QED) is 0.295. The Kier molecular flexibility index (Phi) is 8.40. The molecule has 0 saturated carbocycles. The summed E-state index contributed by atoms with van der Waals surface area (Å²) in [7, 11) is 4.55. The number of aryl methyl sites for hydroxylation is 1. The maximum absolute atomic E-state index is 12.9. The van der Waals surface area contributed by atoms with Gasteiger partial charge in [-0.15, -0.1) is 0 Å². The van der Waals surface area contributed by atoms with Crippen LogP contribution in [-0.4, -0.2) is 49.9 Å². The zero-order valence-electron chi connectivity index (χ0n) is 21.3. The first-order chi connectivity index (χ1) is 17.9. The number of aromatic nitrogens is 2. The number of nitrogens with zero attached hydrogens (tertiary/aromatic N) is 2. The zero-order valence-corrected chi connectivity index (χ0v) is 22.1. The fourth-order valence-electron chi connectivity index (χ4n) is 4.13. The van der Waals surface area contributed by atoms with Gasteiger partial charge in [0.05, 0.1) is 38.9 Å². The van der Waals surface area contributed by atoms with Crippen molar-refractivity contribution in [3.8, 4) is 23.0 Å². The van der Waals surface area contributed by atoms with Crippen molar-refractivity contribution in [1.82, 2.24) is 14.9 Å². The molecule has 0 aliphatic rings. The first-order valence-corrected chi connectivity index (χ1v) is 12.2. The van der Waals surface area contributed by atoms with Crippen molar-refractivity contribution in [3.05, 3.63) is 76.6 Å². The van der Waals surface area contributed by atoms with Gasteiger partial charge in [-0.05, 0) is 55.0 Å². The van der Waals surface area contributed by atoms with E-state index < -0.39 is 0 Å². The highest BCUT2D eigenvalue weighted by molar-refractivity contribution is 6.31. The molecule has 3 aromatic carbocycles. The van der Waals surface area contributed by atoms with Crippen molar-refractivity contribution in [1.29, 1.82) is 0 Å². The molecule has 0 aliphatic carbocycles. The Morgan fingerprint density at radius 3 is 2.41 bits per heavy atom. The molecule has 37 heavy (non-hydrogen) atoms. The number of imidazole rings is 1. The second-order valence-electron chi connectivity index (χ2n) is 8.35. The van der Waals surface area contributed by atoms with Gasteiger partial charge in [-0.3, -0.25) is 4.79 Å². The van der Waals surface area contributed by atoms with E-state index in [4.69, 9.17) is 35.5 Å². The second kappa shape index (κ2) is 11.9. The number of halogens is 1. The van der Waals surface area contributed by atoms with Crippen molar-refractivity contribution < 1.29 is 23.7 Å². The Morgan fingerprint density at radius 1 is 1.00 bits per heavy atom. The molecule has 1 N–H and O–H groups in total. The SMILES string of the molecule is COc1cc(C(=O)NCCc2nc3ccccc3n2CCOc2ccc(Cl)c(C)c2)cc(OC)c1OC. The van der Waals surface area contributed by atoms with Gasteiger partial charge >= 0.3 is 0 Å². The van der Waals surface area contributed by atoms with Gasteiger partial charge in [0.1, 0.15) is 18.2 Å². The Labute approximate surface area is 221 Å². The summed E-state index contributed by atoms with van der Waals surface area (Å²) >= 11 is 6.12. The van der Waals surface area contributed by atoms with Crippen LogP contribution in [0.5, 0.6) is 23.0 Å². The molecule has 4 rings (SSSR count). The van der Waals surface area contributed by atoms with Crippen LogP contribution in [0.2, 0.25) is 5.02 Å². The summed E-state index contributed by atoms with van der Waals surface area (Å²) in [5, 5.41) is 3.68. The number of benzene rings is 3. The van der Waals surface area contributed by atoms with Gasteiger partial charge in [-0.2, -0.15) is 0 Å². The maximum Gasteiger partial charge on any atom is 0.251 e. The number of hydrogen-bond donors (Lipinski definition) is 1. The van der Waals surface area contributed by atoms with Crippen molar-refractivity contribution in [3.63, 3.8) is 0 Å². The van der Waals surface area contributed by atoms with Crippen LogP contribution in [0.1, 0.15) is 21.7 Å². The normalized spacial score (nSPS) is 10.8. The van der Waals surface area contributed by atoms with E-state index in [1.165, 1.54) is 21.3 Å². The third-order valence-corrected chi connectivity index (χ3v) is 6.43. The van der Waals surface area contributed by atoms with E-state index in [9.17, 15) is 4.79 Å². The highest BCUT2D eigenvalue weighted by Crippen LogP contribution is 2.38. The Balaban J connectivity index is 1.44. The van der Waals surface area contributed by atoms with Crippen molar-refractivity contribution in [2.24, 2.45) is 0 Å². The number of hydrogen-bond acceptors (Lipinski definition) is 6. The summed E-state index contributed by atoms with van der Waals surface area (Å²) < 4.78 is 24.2. The average molecular weight is 524 g/mol. The molecule has 4 aromatic rings. The summed E-state index contributed by atoms with van der Waals surface area (Å²) in [6, 6.07) is 16.8. The largest absolute Gasteiger partial charge is 0.493 e. The Hall–Kier alpha value is -3.91. The smallest absolute Gasteiger partial charge is 0.251 e. The molecule has 1 aromatic heterocycles. The standard InChI is InChI=1S/C28H30ClN3O5/c1-18-15-20(9-10-21(18)29)37-14-13-32-23-8-6-5-7-22(23)31-26(32)11-12-30-28(33)19-16-24(34-2)27(36-4)25(17-19)35-3/h5-10,15-17H,11-14H2,1-4H3,(H,30,33). The van der Waals surface area contributed by atoms with Crippen molar-refractivity contribution >= 4 is 28.5 Å². The maximum atomic E-state index is 12.9. The number of para-hydroxylation sites is 2. The van der Waals surface area contributed by atoms with Crippen molar-refractivity contribution in [2.45, 2.75) is 19.9 Å². The fraction of sp³-hybridized carbons (Fsp3) is 0.286. The first kappa shape index (κ1) is 26.2. The van der Waals surface area contributed by atoms with E-state index in [1.54, 1.807) is 12.1 Å². The molecule has 194 valence electrons. The van der Waals surface area contributed by atoms with Gasteiger partial charge in [0.15, 0.2) is 11.5 Å². The summed E-state index contributed by atoms with van der Waals surface area (Å²) in [4.78, 5) is 17.7. The third-order valence-electron chi connectivity index (χ3n) is 6.01. The van der Waals surface area contributed by atoms with Crippen molar-refractivity contribution in [2.75, 3.05) is 34.5 Å². The minimum Gasteiger partial charge on any atom is -0.493 e. The molecule has 0 fully saturated rings. The summed E-state index contributed by atoms with van der Waals surface area (Å²) in [5.41, 5.74) is 3.30. The Morgan fingerprint density at radius 2 is 1.73 bits per heavy atom. The van der Waals surface area contributed by atoms with E-state index in [1.807, 2.05) is 49.4 Å². The molecular weight excluding hydrogens is 494 g/mol. The molecule has 0 saturated heterocycles. The van der Waals surface area contributed by atoms with Crippen LogP contribution >= 0.6 is 11.6 Å². The minimum atomic E-state index is -0.247. The predicted molar refractivity (Wildman–Crippen MR) is 144 cm³/mol. The van der Waals surface area contributed by atoms with E-state index in [0.29, 0.717) is 54.0 Å². The molecule has 1 heterocycles. The van der Waals surface area contributed by atoms with Crippen LogP contribution in [0, 0.1) is 6.92 Å². The number of methoxy groups -OCH3 is 3. The monoisotopic (exact) mass is 523 g/mol. The van der Waals surface area contributed by atoms with Crippen LogP contribution in [0.3, 0.4) is 0 Å². The summed E-state index contributed by atoms with van der Waals surface area (Å²) in [6.45, 7) is 3.42. The minimum absolute atomic E-state index is 0.247. The molecular formula is C28H30ClN3O5. The lowest BCUT2D eigenvalue weighted by Gasteiger charge is -2.14. The van der Waals surface area contributed by atoms with Crippen LogP contribution in [0.25, 0.3) is 11.0 Å². The van der Waals surface area contributed by atoms with Gasteiger partial charge in [0, 0.05) is 23.6 Å². The number of fused-ring (bicyclic) bond motifs is 1. The van der Waals surface area contributed by atoms with Gasteiger partial charge < -0.3 is 28.8 Å². The lowest BCUT2D eigenvalue weighted by molar-refractivity contribution is 0.0953. The van der Waals surface area contributed by atoms with Crippen LogP contribution in [-0.2, 0) is 13.0 Å². The number of nitrogens with one attached hydrogen (secondary N) is 1. The Bertz CT molecular complexity index is 1380. The molecule has 9 heteroatoms. The summed E-state index contributed by atoms with van der Waals surface area (Å²) in [6.07, 6.45) is 0.547. The number of carbonyl (C=O) groups is 1. The lowest BCUT2D eigenvalue weighted by atomic mass is 10.1. The van der Waals surface area contributed by atoms with E-state index in [0.717, 1.165) is 28.2 Å². The van der Waals surface area contributed by atoms with E-state index in [-0.39, 0.29) is 5.91 Å². The molecule has 1 amide bonds. The lowest BCUT2D eigenvalue weighted by Crippen LogP contribution is -2.27. The number of carbonyl (C=O) groups excluding carboxylic acids is 1. The van der Waals surface area contributed by atoms with Gasteiger partial charge in [0.2, 0.25) is 5.75 Å². The zero-order chi connectivity index (χ0) is 26.4. The highest BCUT2D eigenvalue weighted by Gasteiger charge is 2.17. The third kappa shape index (κ3) is 5.91. The molecule has 0 aliphatic heterocycles. The molecule has 0 bridgehead atoms. The van der Waals surface area contributed by atoms with Gasteiger partial charge in [-0.25, -0.2) is 4.98 Å². The highest BCUT2D eigenvalue weighted by atomic mass is 35.5. The fourth-order valence-corrected chi connectivity index (χ4v) is 4.25. The second-order valence-corrected chi connectivity index (χ2v) is 8.75. The molecule has 0 atom stereocenters. The van der Waals surface area contributed by atoms with Gasteiger partial charge in [-0.1, -0.05) is 23.7 Å². The average Bonchev–Trinajstić information content (AvgIpc) is 3.26. The van der Waals surface area contributed by atoms with Crippen LogP contribution < -0.4 is 24.3 Å². The topological polar surface area (TPSA) is 83.8 Å². The number of amides is 1. The number of ether oxygens (including phenoxy) is 4. The van der Waals surface area contributed by atoms with Crippen LogP contribution in [0.4, 0.5) is 0 Å². The number of rotatable bonds is 11. The summed E-state index contributed by atoms with van der Waals surface area (Å²) in [5.74, 6) is 2.66. The van der Waals surface area contributed by atoms with Crippen LogP contribution in [0.15, 0.2) is 54.6 Å². The molecule has 0 unspecified atom stereocenters. The first-order valence-electron chi connectivity index (χ1n) is 11.9.